The number of aryl methyl sites for hydroxylation is 3. The Hall–Kier alpha value is -1.88. The molecule has 0 amide bonds. The molecule has 4 nitrogen and oxygen atoms in total. The standard InChI is InChI=1S/C15H15ClFN3O/c1-9-5-14-13(7-12(9)17)18-15(3-4-16)20(14)8-11-6-10(2)21-19-11/h5-7H,3-4,8H2,1-2H3. The normalized spacial score (nSPS) is 11.4. The highest BCUT2D eigenvalue weighted by Gasteiger charge is 2.14. The molecule has 0 saturated carbocycles. The summed E-state index contributed by atoms with van der Waals surface area (Å²) >= 11 is 5.84. The summed E-state index contributed by atoms with van der Waals surface area (Å²) in [5.74, 6) is 1.80. The Morgan fingerprint density at radius 1 is 1.29 bits per heavy atom. The number of hydrogen-bond donors (Lipinski definition) is 0. The minimum Gasteiger partial charge on any atom is -0.361 e. The molecule has 0 bridgehead atoms. The predicted octanol–water partition coefficient (Wildman–Crippen LogP) is 3.61. The van der Waals surface area contributed by atoms with E-state index in [4.69, 9.17) is 16.1 Å². The molecule has 0 aliphatic rings. The largest absolute Gasteiger partial charge is 0.361 e. The van der Waals surface area contributed by atoms with Crippen LogP contribution in [0.4, 0.5) is 4.39 Å². The van der Waals surface area contributed by atoms with E-state index in [2.05, 4.69) is 10.1 Å². The van der Waals surface area contributed by atoms with Gasteiger partial charge in [-0.15, -0.1) is 11.6 Å². The SMILES string of the molecule is Cc1cc(Cn2c(CCCl)nc3cc(F)c(C)cc32)no1. The van der Waals surface area contributed by atoms with Gasteiger partial charge in [0.15, 0.2) is 0 Å². The molecule has 0 fully saturated rings. The lowest BCUT2D eigenvalue weighted by atomic mass is 10.2. The van der Waals surface area contributed by atoms with Crippen molar-refractivity contribution in [3.63, 3.8) is 0 Å². The van der Waals surface area contributed by atoms with E-state index in [0.717, 1.165) is 22.8 Å². The summed E-state index contributed by atoms with van der Waals surface area (Å²) < 4.78 is 20.8. The number of imidazole rings is 1. The Kier molecular flexibility index (Phi) is 3.68. The Morgan fingerprint density at radius 2 is 2.10 bits per heavy atom. The van der Waals surface area contributed by atoms with E-state index in [-0.39, 0.29) is 5.82 Å². The fraction of sp³-hybridized carbons (Fsp3) is 0.333. The van der Waals surface area contributed by atoms with Gasteiger partial charge in [0.05, 0.1) is 17.6 Å². The first-order valence-electron chi connectivity index (χ1n) is 6.72. The summed E-state index contributed by atoms with van der Waals surface area (Å²) in [6.45, 7) is 4.13. The quantitative estimate of drug-likeness (QED) is 0.692. The molecular formula is C15H15ClFN3O. The van der Waals surface area contributed by atoms with Gasteiger partial charge in [-0.05, 0) is 25.5 Å². The summed E-state index contributed by atoms with van der Waals surface area (Å²) in [6.07, 6.45) is 0.619. The van der Waals surface area contributed by atoms with Crippen LogP contribution < -0.4 is 0 Å². The van der Waals surface area contributed by atoms with Crippen molar-refractivity contribution < 1.29 is 8.91 Å². The zero-order valence-corrected chi connectivity index (χ0v) is 12.6. The molecule has 0 saturated heterocycles. The predicted molar refractivity (Wildman–Crippen MR) is 79.2 cm³/mol. The number of nitrogens with zero attached hydrogens (tertiary/aromatic N) is 3. The van der Waals surface area contributed by atoms with Gasteiger partial charge in [-0.3, -0.25) is 0 Å². The zero-order valence-electron chi connectivity index (χ0n) is 11.9. The number of aromatic nitrogens is 3. The zero-order chi connectivity index (χ0) is 15.0. The van der Waals surface area contributed by atoms with Gasteiger partial charge >= 0.3 is 0 Å². The van der Waals surface area contributed by atoms with Gasteiger partial charge < -0.3 is 9.09 Å². The molecule has 110 valence electrons. The number of halogens is 2. The summed E-state index contributed by atoms with van der Waals surface area (Å²) in [7, 11) is 0. The van der Waals surface area contributed by atoms with Crippen LogP contribution in [0.1, 0.15) is 22.8 Å². The maximum atomic E-state index is 13.7. The molecular weight excluding hydrogens is 293 g/mol. The molecule has 0 radical (unpaired) electrons. The van der Waals surface area contributed by atoms with Gasteiger partial charge in [0.2, 0.25) is 0 Å². The Morgan fingerprint density at radius 3 is 2.76 bits per heavy atom. The molecule has 0 N–H and O–H groups in total. The number of fused-ring (bicyclic) bond motifs is 1. The molecule has 21 heavy (non-hydrogen) atoms. The number of benzene rings is 1. The van der Waals surface area contributed by atoms with Gasteiger partial charge in [0, 0.05) is 24.4 Å². The summed E-state index contributed by atoms with van der Waals surface area (Å²) in [4.78, 5) is 4.49. The number of alkyl halides is 1. The van der Waals surface area contributed by atoms with Crippen LogP contribution in [0.15, 0.2) is 22.7 Å². The van der Waals surface area contributed by atoms with Crippen molar-refractivity contribution in [2.24, 2.45) is 0 Å². The van der Waals surface area contributed by atoms with Crippen molar-refractivity contribution in [1.82, 2.24) is 14.7 Å². The minimum absolute atomic E-state index is 0.248. The highest BCUT2D eigenvalue weighted by Crippen LogP contribution is 2.22. The van der Waals surface area contributed by atoms with E-state index < -0.39 is 0 Å². The molecule has 2 heterocycles. The van der Waals surface area contributed by atoms with E-state index in [1.165, 1.54) is 6.07 Å². The Balaban J connectivity index is 2.12. The van der Waals surface area contributed by atoms with Crippen molar-refractivity contribution in [3.05, 3.63) is 46.9 Å². The molecule has 6 heteroatoms. The lowest BCUT2D eigenvalue weighted by Crippen LogP contribution is -2.06. The second-order valence-corrected chi connectivity index (χ2v) is 5.45. The lowest BCUT2D eigenvalue weighted by Gasteiger charge is -2.06. The van der Waals surface area contributed by atoms with Crippen LogP contribution in [0.25, 0.3) is 11.0 Å². The number of hydrogen-bond acceptors (Lipinski definition) is 3. The average molecular weight is 308 g/mol. The Labute approximate surface area is 126 Å². The molecule has 0 aliphatic carbocycles. The van der Waals surface area contributed by atoms with Crippen LogP contribution in [-0.2, 0) is 13.0 Å². The third kappa shape index (κ3) is 2.65. The van der Waals surface area contributed by atoms with E-state index in [0.29, 0.717) is 29.9 Å². The van der Waals surface area contributed by atoms with Crippen LogP contribution in [0.3, 0.4) is 0 Å². The maximum absolute atomic E-state index is 13.7. The summed E-state index contributed by atoms with van der Waals surface area (Å²) in [5.41, 5.74) is 2.93. The van der Waals surface area contributed by atoms with Crippen LogP contribution in [0.5, 0.6) is 0 Å². The van der Waals surface area contributed by atoms with Gasteiger partial charge in [0.25, 0.3) is 0 Å². The topological polar surface area (TPSA) is 43.9 Å². The van der Waals surface area contributed by atoms with Crippen molar-refractivity contribution in [2.45, 2.75) is 26.8 Å². The molecule has 0 spiro atoms. The molecule has 3 rings (SSSR count). The van der Waals surface area contributed by atoms with Gasteiger partial charge in [-0.25, -0.2) is 9.37 Å². The third-order valence-corrected chi connectivity index (χ3v) is 3.61. The summed E-state index contributed by atoms with van der Waals surface area (Å²) in [6, 6.07) is 5.15. The highest BCUT2D eigenvalue weighted by atomic mass is 35.5. The van der Waals surface area contributed by atoms with E-state index in [1.54, 1.807) is 6.92 Å². The van der Waals surface area contributed by atoms with Gasteiger partial charge in [-0.1, -0.05) is 5.16 Å². The fourth-order valence-electron chi connectivity index (χ4n) is 2.41. The molecule has 0 atom stereocenters. The van der Waals surface area contributed by atoms with Gasteiger partial charge in [0.1, 0.15) is 23.1 Å². The maximum Gasteiger partial charge on any atom is 0.133 e. The molecule has 0 aliphatic heterocycles. The van der Waals surface area contributed by atoms with Crippen LogP contribution in [-0.4, -0.2) is 20.6 Å². The molecule has 3 aromatic rings. The highest BCUT2D eigenvalue weighted by molar-refractivity contribution is 6.17. The molecule has 2 aromatic heterocycles. The van der Waals surface area contributed by atoms with Crippen LogP contribution in [0, 0.1) is 19.7 Å². The second kappa shape index (κ2) is 5.48. The van der Waals surface area contributed by atoms with Crippen molar-refractivity contribution in [1.29, 1.82) is 0 Å². The van der Waals surface area contributed by atoms with Crippen molar-refractivity contribution >= 4 is 22.6 Å². The first-order chi connectivity index (χ1) is 10.1. The number of rotatable bonds is 4. The van der Waals surface area contributed by atoms with Crippen LogP contribution in [0.2, 0.25) is 0 Å². The lowest BCUT2D eigenvalue weighted by molar-refractivity contribution is 0.389. The monoisotopic (exact) mass is 307 g/mol. The molecule has 1 aromatic carbocycles. The van der Waals surface area contributed by atoms with E-state index in [1.807, 2.05) is 23.6 Å². The third-order valence-electron chi connectivity index (χ3n) is 3.42. The minimum atomic E-state index is -0.248. The fourth-order valence-corrected chi connectivity index (χ4v) is 2.58. The van der Waals surface area contributed by atoms with E-state index in [9.17, 15) is 4.39 Å². The smallest absolute Gasteiger partial charge is 0.133 e. The van der Waals surface area contributed by atoms with E-state index >= 15 is 0 Å². The summed E-state index contributed by atoms with van der Waals surface area (Å²) in [5, 5.41) is 4.01. The second-order valence-electron chi connectivity index (χ2n) is 5.07. The first-order valence-corrected chi connectivity index (χ1v) is 7.25. The van der Waals surface area contributed by atoms with Gasteiger partial charge in [-0.2, -0.15) is 0 Å². The van der Waals surface area contributed by atoms with Crippen molar-refractivity contribution in [3.8, 4) is 0 Å². The van der Waals surface area contributed by atoms with Crippen molar-refractivity contribution in [2.75, 3.05) is 5.88 Å². The average Bonchev–Trinajstić information content (AvgIpc) is 2.97. The Bertz CT molecular complexity index is 794. The first kappa shape index (κ1) is 14.1. The van der Waals surface area contributed by atoms with Crippen LogP contribution >= 0.6 is 11.6 Å². The molecule has 0 unspecified atom stereocenters.